The van der Waals surface area contributed by atoms with Crippen molar-refractivity contribution in [2.24, 2.45) is 5.73 Å². The number of hydrogen-bond donors (Lipinski definition) is 2. The first-order valence-corrected chi connectivity index (χ1v) is 4.19. The molecule has 12 heavy (non-hydrogen) atoms. The Morgan fingerprint density at radius 2 is 2.33 bits per heavy atom. The van der Waals surface area contributed by atoms with E-state index in [2.05, 4.69) is 5.32 Å². The van der Waals surface area contributed by atoms with Crippen LogP contribution in [0.3, 0.4) is 0 Å². The minimum absolute atomic E-state index is 0.0463. The third-order valence-electron chi connectivity index (χ3n) is 1.51. The lowest BCUT2D eigenvalue weighted by Crippen LogP contribution is -2.37. The Bertz CT molecular complexity index is 128. The summed E-state index contributed by atoms with van der Waals surface area (Å²) in [4.78, 5) is 11.1. The van der Waals surface area contributed by atoms with E-state index in [1.54, 1.807) is 7.11 Å². The number of rotatable bonds is 6. The number of ether oxygens (including phenoxy) is 1. The number of carbonyl (C=O) groups is 1. The van der Waals surface area contributed by atoms with Gasteiger partial charge >= 0.3 is 0 Å². The molecule has 0 aromatic carbocycles. The van der Waals surface area contributed by atoms with E-state index in [0.29, 0.717) is 19.6 Å². The molecule has 4 nitrogen and oxygen atoms in total. The molecule has 4 heteroatoms. The summed E-state index contributed by atoms with van der Waals surface area (Å²) in [6.45, 7) is 2.99. The zero-order valence-corrected chi connectivity index (χ0v) is 7.80. The van der Waals surface area contributed by atoms with Crippen molar-refractivity contribution in [2.75, 3.05) is 20.3 Å². The fraction of sp³-hybridized carbons (Fsp3) is 0.875. The molecule has 0 saturated carbocycles. The number of nitrogens with one attached hydrogen (secondary N) is 1. The van der Waals surface area contributed by atoms with Crippen molar-refractivity contribution in [3.63, 3.8) is 0 Å². The van der Waals surface area contributed by atoms with E-state index in [4.69, 9.17) is 10.5 Å². The molecule has 0 radical (unpaired) electrons. The summed E-state index contributed by atoms with van der Waals surface area (Å²) in [6, 6.07) is 0.0695. The van der Waals surface area contributed by atoms with Crippen LogP contribution in [-0.2, 0) is 9.53 Å². The van der Waals surface area contributed by atoms with Crippen molar-refractivity contribution in [1.29, 1.82) is 0 Å². The average molecular weight is 174 g/mol. The van der Waals surface area contributed by atoms with E-state index >= 15 is 0 Å². The zero-order valence-electron chi connectivity index (χ0n) is 7.80. The molecule has 0 rings (SSSR count). The fourth-order valence-electron chi connectivity index (χ4n) is 0.783. The summed E-state index contributed by atoms with van der Waals surface area (Å²) in [5.41, 5.74) is 5.34. The molecule has 0 aromatic heterocycles. The quantitative estimate of drug-likeness (QED) is 0.552. The standard InChI is InChI=1S/C8H18N2O2/c1-7(6-9)10-8(11)4-3-5-12-2/h7H,3-6,9H2,1-2H3,(H,10,11)/t7-/m1/s1. The third kappa shape index (κ3) is 6.12. The Labute approximate surface area is 73.5 Å². The lowest BCUT2D eigenvalue weighted by molar-refractivity contribution is -0.121. The molecule has 1 atom stereocenters. The van der Waals surface area contributed by atoms with Gasteiger partial charge in [0.1, 0.15) is 0 Å². The highest BCUT2D eigenvalue weighted by atomic mass is 16.5. The summed E-state index contributed by atoms with van der Waals surface area (Å²) in [5, 5.41) is 2.77. The van der Waals surface area contributed by atoms with E-state index in [1.807, 2.05) is 6.92 Å². The van der Waals surface area contributed by atoms with Crippen LogP contribution in [0.2, 0.25) is 0 Å². The maximum Gasteiger partial charge on any atom is 0.220 e. The van der Waals surface area contributed by atoms with Crippen molar-refractivity contribution >= 4 is 5.91 Å². The second-order valence-electron chi connectivity index (χ2n) is 2.80. The zero-order chi connectivity index (χ0) is 9.40. The SMILES string of the molecule is COCCCC(=O)N[C@H](C)CN. The van der Waals surface area contributed by atoms with Gasteiger partial charge in [-0.2, -0.15) is 0 Å². The number of methoxy groups -OCH3 is 1. The third-order valence-corrected chi connectivity index (χ3v) is 1.51. The Morgan fingerprint density at radius 1 is 1.67 bits per heavy atom. The van der Waals surface area contributed by atoms with Crippen LogP contribution >= 0.6 is 0 Å². The lowest BCUT2D eigenvalue weighted by Gasteiger charge is -2.10. The Hall–Kier alpha value is -0.610. The summed E-state index contributed by atoms with van der Waals surface area (Å²) in [6.07, 6.45) is 1.28. The number of amides is 1. The van der Waals surface area contributed by atoms with Crippen LogP contribution in [0, 0.1) is 0 Å². The summed E-state index contributed by atoms with van der Waals surface area (Å²) >= 11 is 0. The van der Waals surface area contributed by atoms with Gasteiger partial charge in [0.2, 0.25) is 5.91 Å². The van der Waals surface area contributed by atoms with Gasteiger partial charge in [-0.1, -0.05) is 0 Å². The molecule has 0 heterocycles. The molecule has 0 fully saturated rings. The summed E-state index contributed by atoms with van der Waals surface area (Å²) in [7, 11) is 1.63. The highest BCUT2D eigenvalue weighted by Crippen LogP contribution is 1.90. The fourth-order valence-corrected chi connectivity index (χ4v) is 0.783. The smallest absolute Gasteiger partial charge is 0.220 e. The molecule has 1 amide bonds. The first kappa shape index (κ1) is 11.4. The highest BCUT2D eigenvalue weighted by molar-refractivity contribution is 5.76. The van der Waals surface area contributed by atoms with Crippen LogP contribution in [0.25, 0.3) is 0 Å². The number of carbonyl (C=O) groups excluding carboxylic acids is 1. The maximum absolute atomic E-state index is 11.1. The van der Waals surface area contributed by atoms with Gasteiger partial charge < -0.3 is 15.8 Å². The van der Waals surface area contributed by atoms with Gasteiger partial charge in [-0.3, -0.25) is 4.79 Å². The van der Waals surface area contributed by atoms with E-state index in [9.17, 15) is 4.79 Å². The van der Waals surface area contributed by atoms with E-state index in [1.165, 1.54) is 0 Å². The minimum Gasteiger partial charge on any atom is -0.385 e. The normalized spacial score (nSPS) is 12.6. The number of hydrogen-bond acceptors (Lipinski definition) is 3. The molecule has 3 N–H and O–H groups in total. The van der Waals surface area contributed by atoms with Gasteiger partial charge in [-0.05, 0) is 13.3 Å². The lowest BCUT2D eigenvalue weighted by atomic mass is 10.2. The molecule has 0 aliphatic heterocycles. The van der Waals surface area contributed by atoms with Crippen LogP contribution in [0.1, 0.15) is 19.8 Å². The van der Waals surface area contributed by atoms with E-state index < -0.39 is 0 Å². The van der Waals surface area contributed by atoms with Crippen LogP contribution in [0.15, 0.2) is 0 Å². The predicted octanol–water partition coefficient (Wildman–Crippen LogP) is -0.124. The van der Waals surface area contributed by atoms with Crippen molar-refractivity contribution in [3.8, 4) is 0 Å². The average Bonchev–Trinajstić information content (AvgIpc) is 2.05. The molecule has 0 saturated heterocycles. The van der Waals surface area contributed by atoms with Gasteiger partial charge in [-0.25, -0.2) is 0 Å². The van der Waals surface area contributed by atoms with Gasteiger partial charge in [0.05, 0.1) is 0 Å². The summed E-state index contributed by atoms with van der Waals surface area (Å²) in [5.74, 6) is 0.0463. The first-order valence-electron chi connectivity index (χ1n) is 4.19. The van der Waals surface area contributed by atoms with Crippen LogP contribution < -0.4 is 11.1 Å². The molecular formula is C8H18N2O2. The molecule has 72 valence electrons. The second kappa shape index (κ2) is 7.06. The van der Waals surface area contributed by atoms with Gasteiger partial charge in [0.15, 0.2) is 0 Å². The van der Waals surface area contributed by atoms with Crippen molar-refractivity contribution in [1.82, 2.24) is 5.32 Å². The largest absolute Gasteiger partial charge is 0.385 e. The van der Waals surface area contributed by atoms with E-state index in [0.717, 1.165) is 6.42 Å². The minimum atomic E-state index is 0.0463. The van der Waals surface area contributed by atoms with Crippen LogP contribution in [0.5, 0.6) is 0 Å². The van der Waals surface area contributed by atoms with E-state index in [-0.39, 0.29) is 11.9 Å². The van der Waals surface area contributed by atoms with Crippen molar-refractivity contribution < 1.29 is 9.53 Å². The monoisotopic (exact) mass is 174 g/mol. The predicted molar refractivity (Wildman–Crippen MR) is 47.8 cm³/mol. The molecule has 0 unspecified atom stereocenters. The molecule has 0 aliphatic rings. The van der Waals surface area contributed by atoms with Gasteiger partial charge in [0.25, 0.3) is 0 Å². The first-order chi connectivity index (χ1) is 5.70. The topological polar surface area (TPSA) is 64.3 Å². The second-order valence-corrected chi connectivity index (χ2v) is 2.80. The Balaban J connectivity index is 3.33. The Kier molecular flexibility index (Phi) is 6.70. The van der Waals surface area contributed by atoms with Crippen molar-refractivity contribution in [3.05, 3.63) is 0 Å². The Morgan fingerprint density at radius 3 is 2.83 bits per heavy atom. The molecule has 0 bridgehead atoms. The van der Waals surface area contributed by atoms with Gasteiger partial charge in [0, 0.05) is 32.7 Å². The molecule has 0 aliphatic carbocycles. The molecule has 0 spiro atoms. The maximum atomic E-state index is 11.1. The summed E-state index contributed by atoms with van der Waals surface area (Å²) < 4.78 is 4.82. The number of nitrogens with two attached hydrogens (primary N) is 1. The molecular weight excluding hydrogens is 156 g/mol. The van der Waals surface area contributed by atoms with Crippen molar-refractivity contribution in [2.45, 2.75) is 25.8 Å². The van der Waals surface area contributed by atoms with Gasteiger partial charge in [-0.15, -0.1) is 0 Å². The van der Waals surface area contributed by atoms with Crippen LogP contribution in [0.4, 0.5) is 0 Å². The molecule has 0 aromatic rings. The van der Waals surface area contributed by atoms with Crippen LogP contribution in [-0.4, -0.2) is 32.2 Å². The highest BCUT2D eigenvalue weighted by Gasteiger charge is 2.04.